The van der Waals surface area contributed by atoms with Crippen LogP contribution in [-0.4, -0.2) is 27.3 Å². The Kier molecular flexibility index (Phi) is 4.33. The van der Waals surface area contributed by atoms with Gasteiger partial charge in [-0.3, -0.25) is 14.9 Å². The number of benzene rings is 2. The summed E-state index contributed by atoms with van der Waals surface area (Å²) < 4.78 is 0. The Morgan fingerprint density at radius 3 is 2.55 bits per heavy atom. The molecule has 112 valence electrons. The van der Waals surface area contributed by atoms with Crippen LogP contribution in [0.25, 0.3) is 0 Å². The molecule has 2 aromatic carbocycles. The van der Waals surface area contributed by atoms with Crippen molar-refractivity contribution < 1.29 is 19.9 Å². The summed E-state index contributed by atoms with van der Waals surface area (Å²) >= 11 is 0. The maximum Gasteiger partial charge on any atom is 0.310 e. The largest absolute Gasteiger partial charge is 0.507 e. The SMILES string of the molecule is O=C(N/N=C/c1ccc([N+](=O)[O-])c(O)c1)c1ccccc1O. The monoisotopic (exact) mass is 301 g/mol. The van der Waals surface area contributed by atoms with Gasteiger partial charge in [0.15, 0.2) is 5.75 Å². The molecule has 0 saturated heterocycles. The molecule has 0 spiro atoms. The van der Waals surface area contributed by atoms with Crippen molar-refractivity contribution >= 4 is 17.8 Å². The smallest absolute Gasteiger partial charge is 0.310 e. The lowest BCUT2D eigenvalue weighted by atomic mass is 10.2. The van der Waals surface area contributed by atoms with E-state index in [1.165, 1.54) is 24.4 Å². The number of nitrogens with one attached hydrogen (secondary N) is 1. The minimum absolute atomic E-state index is 0.0613. The van der Waals surface area contributed by atoms with Crippen LogP contribution in [0.2, 0.25) is 0 Å². The third-order valence-corrected chi connectivity index (χ3v) is 2.72. The number of nitrogens with zero attached hydrogens (tertiary/aromatic N) is 2. The van der Waals surface area contributed by atoms with Crippen molar-refractivity contribution in [1.82, 2.24) is 5.43 Å². The van der Waals surface area contributed by atoms with Gasteiger partial charge in [-0.15, -0.1) is 0 Å². The van der Waals surface area contributed by atoms with Gasteiger partial charge in [0.25, 0.3) is 5.91 Å². The first kappa shape index (κ1) is 15.0. The standard InChI is InChI=1S/C14H11N3O5/c18-12-4-2-1-3-10(12)14(20)16-15-8-9-5-6-11(17(21)22)13(19)7-9/h1-8,18-19H,(H,16,20)/b15-8+. The zero-order valence-corrected chi connectivity index (χ0v) is 11.1. The van der Waals surface area contributed by atoms with Gasteiger partial charge in [0.2, 0.25) is 0 Å². The molecule has 0 atom stereocenters. The average molecular weight is 301 g/mol. The highest BCUT2D eigenvalue weighted by Crippen LogP contribution is 2.25. The van der Waals surface area contributed by atoms with Crippen LogP contribution in [-0.2, 0) is 0 Å². The van der Waals surface area contributed by atoms with Crippen molar-refractivity contribution in [1.29, 1.82) is 0 Å². The Bertz CT molecular complexity index is 758. The molecule has 0 aliphatic heterocycles. The predicted octanol–water partition coefficient (Wildman–Crippen LogP) is 1.77. The van der Waals surface area contributed by atoms with Crippen molar-refractivity contribution in [2.45, 2.75) is 0 Å². The number of phenolic OH excluding ortho intramolecular Hbond substituents is 2. The predicted molar refractivity (Wildman–Crippen MR) is 77.9 cm³/mol. The van der Waals surface area contributed by atoms with Crippen molar-refractivity contribution in [3.63, 3.8) is 0 Å². The lowest BCUT2D eigenvalue weighted by Crippen LogP contribution is -2.17. The highest BCUT2D eigenvalue weighted by Gasteiger charge is 2.12. The first-order chi connectivity index (χ1) is 10.5. The molecule has 0 aliphatic carbocycles. The number of nitro groups is 1. The van der Waals surface area contributed by atoms with E-state index in [0.29, 0.717) is 5.56 Å². The number of hydrazone groups is 1. The van der Waals surface area contributed by atoms with Gasteiger partial charge in [0.05, 0.1) is 16.7 Å². The lowest BCUT2D eigenvalue weighted by Gasteiger charge is -2.02. The summed E-state index contributed by atoms with van der Waals surface area (Å²) in [5, 5.41) is 33.2. The minimum atomic E-state index is -0.712. The van der Waals surface area contributed by atoms with Crippen LogP contribution < -0.4 is 5.43 Å². The second-order valence-corrected chi connectivity index (χ2v) is 4.22. The molecule has 2 rings (SSSR count). The molecule has 1 amide bonds. The molecular formula is C14H11N3O5. The summed E-state index contributed by atoms with van der Waals surface area (Å²) in [7, 11) is 0. The summed E-state index contributed by atoms with van der Waals surface area (Å²) in [4.78, 5) is 21.6. The topological polar surface area (TPSA) is 125 Å². The van der Waals surface area contributed by atoms with Crippen molar-refractivity contribution in [3.8, 4) is 11.5 Å². The second-order valence-electron chi connectivity index (χ2n) is 4.22. The van der Waals surface area contributed by atoms with E-state index in [1.807, 2.05) is 0 Å². The van der Waals surface area contributed by atoms with Crippen LogP contribution in [0.4, 0.5) is 5.69 Å². The summed E-state index contributed by atoms with van der Waals surface area (Å²) in [6.07, 6.45) is 1.21. The van der Waals surface area contributed by atoms with E-state index in [-0.39, 0.29) is 11.3 Å². The molecule has 0 bridgehead atoms. The van der Waals surface area contributed by atoms with Gasteiger partial charge in [-0.1, -0.05) is 12.1 Å². The van der Waals surface area contributed by atoms with E-state index < -0.39 is 22.3 Å². The minimum Gasteiger partial charge on any atom is -0.507 e. The fourth-order valence-electron chi connectivity index (χ4n) is 1.67. The highest BCUT2D eigenvalue weighted by molar-refractivity contribution is 5.97. The molecule has 0 fully saturated rings. The quantitative estimate of drug-likeness (QED) is 0.451. The molecule has 0 aromatic heterocycles. The van der Waals surface area contributed by atoms with Gasteiger partial charge < -0.3 is 10.2 Å². The molecule has 8 heteroatoms. The number of rotatable bonds is 4. The Hall–Kier alpha value is -3.42. The van der Waals surface area contributed by atoms with Crippen molar-refractivity contribution in [2.24, 2.45) is 5.10 Å². The number of phenols is 2. The molecular weight excluding hydrogens is 290 g/mol. The Morgan fingerprint density at radius 2 is 1.91 bits per heavy atom. The van der Waals surface area contributed by atoms with Gasteiger partial charge in [0, 0.05) is 6.07 Å². The molecule has 22 heavy (non-hydrogen) atoms. The fraction of sp³-hybridized carbons (Fsp3) is 0. The van der Waals surface area contributed by atoms with Crippen molar-refractivity contribution in [3.05, 3.63) is 63.7 Å². The van der Waals surface area contributed by atoms with E-state index in [0.717, 1.165) is 12.1 Å². The third-order valence-electron chi connectivity index (χ3n) is 2.72. The van der Waals surface area contributed by atoms with Crippen LogP contribution in [0.5, 0.6) is 11.5 Å². The van der Waals surface area contributed by atoms with Gasteiger partial charge in [-0.25, -0.2) is 5.43 Å². The fourth-order valence-corrected chi connectivity index (χ4v) is 1.67. The lowest BCUT2D eigenvalue weighted by molar-refractivity contribution is -0.385. The maximum absolute atomic E-state index is 11.7. The average Bonchev–Trinajstić information content (AvgIpc) is 2.47. The maximum atomic E-state index is 11.7. The van der Waals surface area contributed by atoms with E-state index in [1.54, 1.807) is 12.1 Å². The first-order valence-electron chi connectivity index (χ1n) is 6.08. The number of hydrogen-bond donors (Lipinski definition) is 3. The van der Waals surface area contributed by atoms with Gasteiger partial charge in [-0.2, -0.15) is 5.10 Å². The van der Waals surface area contributed by atoms with E-state index in [9.17, 15) is 25.1 Å². The van der Waals surface area contributed by atoms with E-state index in [2.05, 4.69) is 10.5 Å². The van der Waals surface area contributed by atoms with Gasteiger partial charge in [0.1, 0.15) is 5.75 Å². The van der Waals surface area contributed by atoms with Crippen LogP contribution >= 0.6 is 0 Å². The van der Waals surface area contributed by atoms with E-state index in [4.69, 9.17) is 0 Å². The number of carbonyl (C=O) groups excluding carboxylic acids is 1. The van der Waals surface area contributed by atoms with Crippen molar-refractivity contribution in [2.75, 3.05) is 0 Å². The Morgan fingerprint density at radius 1 is 1.18 bits per heavy atom. The zero-order chi connectivity index (χ0) is 16.1. The second kappa shape index (κ2) is 6.35. The molecule has 0 saturated carbocycles. The molecule has 3 N–H and O–H groups in total. The zero-order valence-electron chi connectivity index (χ0n) is 11.1. The first-order valence-corrected chi connectivity index (χ1v) is 6.08. The van der Waals surface area contributed by atoms with Crippen LogP contribution in [0.3, 0.4) is 0 Å². The molecule has 2 aromatic rings. The molecule has 0 radical (unpaired) electrons. The summed E-state index contributed by atoms with van der Waals surface area (Å²) in [5.74, 6) is -1.29. The molecule has 8 nitrogen and oxygen atoms in total. The number of amides is 1. The Balaban J connectivity index is 2.07. The summed E-state index contributed by atoms with van der Waals surface area (Å²) in [5.41, 5.74) is 2.20. The number of nitro benzene ring substituents is 1. The van der Waals surface area contributed by atoms with Gasteiger partial charge in [-0.05, 0) is 29.8 Å². The third kappa shape index (κ3) is 3.37. The van der Waals surface area contributed by atoms with Crippen LogP contribution in [0.1, 0.15) is 15.9 Å². The van der Waals surface area contributed by atoms with Gasteiger partial charge >= 0.3 is 5.69 Å². The number of carbonyl (C=O) groups is 1. The van der Waals surface area contributed by atoms with E-state index >= 15 is 0 Å². The number of para-hydroxylation sites is 1. The summed E-state index contributed by atoms with van der Waals surface area (Å²) in [6.45, 7) is 0. The summed E-state index contributed by atoms with van der Waals surface area (Å²) in [6, 6.07) is 9.61. The molecule has 0 aliphatic rings. The normalized spacial score (nSPS) is 10.5. The van der Waals surface area contributed by atoms with Crippen LogP contribution in [0.15, 0.2) is 47.6 Å². The Labute approximate surface area is 124 Å². The molecule has 0 heterocycles. The molecule has 0 unspecified atom stereocenters. The van der Waals surface area contributed by atoms with Crippen LogP contribution in [0, 0.1) is 10.1 Å². The highest BCUT2D eigenvalue weighted by atomic mass is 16.6. The number of hydrogen-bond acceptors (Lipinski definition) is 6. The number of aromatic hydroxyl groups is 2.